The summed E-state index contributed by atoms with van der Waals surface area (Å²) in [5, 5.41) is 3.29. The smallest absolute Gasteiger partial charge is 0.174 e. The zero-order valence-corrected chi connectivity index (χ0v) is 12.1. The molecule has 0 aliphatic rings. The largest absolute Gasteiger partial charge is 0.494 e. The lowest BCUT2D eigenvalue weighted by Crippen LogP contribution is -2.26. The Kier molecular flexibility index (Phi) is 8.02. The molecule has 0 fully saturated rings. The number of hydrogen-bond acceptors (Lipinski definition) is 4. The zero-order valence-electron chi connectivity index (χ0n) is 12.1. The molecular formula is C15H25NO3. The predicted octanol–water partition coefficient (Wildman–Crippen LogP) is 3.29. The topological polar surface area (TPSA) is 39.7 Å². The van der Waals surface area contributed by atoms with E-state index in [2.05, 4.69) is 12.2 Å². The van der Waals surface area contributed by atoms with E-state index in [-0.39, 0.29) is 6.29 Å². The molecule has 0 aromatic heterocycles. The minimum atomic E-state index is -0.203. The van der Waals surface area contributed by atoms with Gasteiger partial charge in [-0.2, -0.15) is 0 Å². The van der Waals surface area contributed by atoms with Gasteiger partial charge in [-0.15, -0.1) is 0 Å². The van der Waals surface area contributed by atoms with E-state index in [1.807, 2.05) is 38.1 Å². The number of rotatable bonds is 10. The lowest BCUT2D eigenvalue weighted by molar-refractivity contribution is -0.126. The maximum atomic E-state index is 5.54. The maximum Gasteiger partial charge on any atom is 0.174 e. The summed E-state index contributed by atoms with van der Waals surface area (Å²) in [6.07, 6.45) is 0.815. The van der Waals surface area contributed by atoms with Crippen molar-refractivity contribution in [3.05, 3.63) is 24.3 Å². The van der Waals surface area contributed by atoms with Crippen molar-refractivity contribution < 1.29 is 14.2 Å². The Morgan fingerprint density at radius 1 is 1.00 bits per heavy atom. The van der Waals surface area contributed by atoms with Crippen LogP contribution < -0.4 is 10.1 Å². The quantitative estimate of drug-likeness (QED) is 0.660. The Hall–Kier alpha value is -1.26. The molecule has 0 spiro atoms. The molecular weight excluding hydrogens is 242 g/mol. The van der Waals surface area contributed by atoms with Crippen LogP contribution in [0.25, 0.3) is 0 Å². The van der Waals surface area contributed by atoms with E-state index in [4.69, 9.17) is 14.2 Å². The molecule has 0 saturated heterocycles. The molecule has 0 unspecified atom stereocenters. The average molecular weight is 267 g/mol. The minimum absolute atomic E-state index is 0.203. The lowest BCUT2D eigenvalue weighted by Gasteiger charge is -2.18. The van der Waals surface area contributed by atoms with Crippen LogP contribution in [-0.2, 0) is 9.47 Å². The van der Waals surface area contributed by atoms with Crippen LogP contribution in [-0.4, -0.2) is 32.7 Å². The van der Waals surface area contributed by atoms with E-state index >= 15 is 0 Å². The third-order valence-corrected chi connectivity index (χ3v) is 2.51. The molecule has 0 amide bonds. The second kappa shape index (κ2) is 9.64. The Balaban J connectivity index is 2.39. The van der Waals surface area contributed by atoms with Gasteiger partial charge in [0.15, 0.2) is 6.29 Å². The molecule has 1 aromatic rings. The van der Waals surface area contributed by atoms with Crippen LogP contribution >= 0.6 is 0 Å². The normalized spacial score (nSPS) is 10.7. The first-order chi connectivity index (χ1) is 9.30. The molecule has 4 nitrogen and oxygen atoms in total. The molecule has 19 heavy (non-hydrogen) atoms. The van der Waals surface area contributed by atoms with Crippen LogP contribution in [0.3, 0.4) is 0 Å². The highest BCUT2D eigenvalue weighted by molar-refractivity contribution is 5.46. The van der Waals surface area contributed by atoms with Gasteiger partial charge < -0.3 is 19.5 Å². The van der Waals surface area contributed by atoms with Crippen LogP contribution in [0.1, 0.15) is 27.2 Å². The Bertz CT molecular complexity index is 321. The van der Waals surface area contributed by atoms with E-state index in [0.29, 0.717) is 19.8 Å². The van der Waals surface area contributed by atoms with Gasteiger partial charge in [-0.3, -0.25) is 0 Å². The van der Waals surface area contributed by atoms with E-state index in [1.54, 1.807) is 0 Å². The highest BCUT2D eigenvalue weighted by Gasteiger charge is 2.07. The Morgan fingerprint density at radius 2 is 1.63 bits per heavy atom. The molecule has 0 heterocycles. The van der Waals surface area contributed by atoms with Crippen LogP contribution in [0.5, 0.6) is 5.75 Å². The first-order valence-electron chi connectivity index (χ1n) is 7.00. The molecule has 1 N–H and O–H groups in total. The number of hydrogen-bond donors (Lipinski definition) is 1. The number of nitrogens with one attached hydrogen (secondary N) is 1. The highest BCUT2D eigenvalue weighted by atomic mass is 16.7. The van der Waals surface area contributed by atoms with Crippen molar-refractivity contribution in [2.24, 2.45) is 0 Å². The van der Waals surface area contributed by atoms with Crippen LogP contribution in [0.4, 0.5) is 5.69 Å². The fraction of sp³-hybridized carbons (Fsp3) is 0.600. The summed E-state index contributed by atoms with van der Waals surface area (Å²) in [5.41, 5.74) is 1.04. The summed E-state index contributed by atoms with van der Waals surface area (Å²) in [5.74, 6) is 0.901. The summed E-state index contributed by atoms with van der Waals surface area (Å²) in [6, 6.07) is 7.93. The zero-order chi connectivity index (χ0) is 13.9. The number of ether oxygens (including phenoxy) is 3. The van der Waals surface area contributed by atoms with Crippen molar-refractivity contribution in [1.82, 2.24) is 0 Å². The highest BCUT2D eigenvalue weighted by Crippen LogP contribution is 2.16. The first kappa shape index (κ1) is 15.8. The van der Waals surface area contributed by atoms with Gasteiger partial charge in [-0.1, -0.05) is 6.92 Å². The van der Waals surface area contributed by atoms with Crippen molar-refractivity contribution in [2.45, 2.75) is 33.5 Å². The molecule has 108 valence electrons. The van der Waals surface area contributed by atoms with E-state index < -0.39 is 0 Å². The van der Waals surface area contributed by atoms with Gasteiger partial charge in [0.05, 0.1) is 13.2 Å². The third kappa shape index (κ3) is 6.45. The molecule has 0 atom stereocenters. The molecule has 4 heteroatoms. The Morgan fingerprint density at radius 3 is 2.16 bits per heavy atom. The fourth-order valence-electron chi connectivity index (χ4n) is 1.63. The molecule has 1 aromatic carbocycles. The van der Waals surface area contributed by atoms with Crippen molar-refractivity contribution >= 4 is 5.69 Å². The Labute approximate surface area is 116 Å². The van der Waals surface area contributed by atoms with Gasteiger partial charge in [0.25, 0.3) is 0 Å². The van der Waals surface area contributed by atoms with Crippen molar-refractivity contribution in [3.63, 3.8) is 0 Å². The van der Waals surface area contributed by atoms with E-state index in [9.17, 15) is 0 Å². The summed E-state index contributed by atoms with van der Waals surface area (Å²) in [4.78, 5) is 0. The second-order valence-electron chi connectivity index (χ2n) is 4.09. The third-order valence-electron chi connectivity index (χ3n) is 2.51. The summed E-state index contributed by atoms with van der Waals surface area (Å²) in [6.45, 7) is 8.71. The summed E-state index contributed by atoms with van der Waals surface area (Å²) >= 11 is 0. The van der Waals surface area contributed by atoms with Gasteiger partial charge in [-0.25, -0.2) is 0 Å². The standard InChI is InChI=1S/C15H25NO3/c1-4-11-19-14-9-7-13(8-10-14)16-12-15(17-5-2)18-6-3/h7-10,15-16H,4-6,11-12H2,1-3H3. The van der Waals surface area contributed by atoms with Gasteiger partial charge >= 0.3 is 0 Å². The van der Waals surface area contributed by atoms with E-state index in [0.717, 1.165) is 24.5 Å². The monoisotopic (exact) mass is 267 g/mol. The molecule has 1 rings (SSSR count). The van der Waals surface area contributed by atoms with E-state index in [1.165, 1.54) is 0 Å². The van der Waals surface area contributed by atoms with Crippen molar-refractivity contribution in [3.8, 4) is 5.75 Å². The number of benzene rings is 1. The average Bonchev–Trinajstić information content (AvgIpc) is 2.44. The van der Waals surface area contributed by atoms with Crippen LogP contribution in [0.2, 0.25) is 0 Å². The van der Waals surface area contributed by atoms with Crippen LogP contribution in [0.15, 0.2) is 24.3 Å². The SMILES string of the molecule is CCCOc1ccc(NCC(OCC)OCC)cc1. The van der Waals surface area contributed by atoms with Gasteiger partial charge in [0.1, 0.15) is 5.75 Å². The van der Waals surface area contributed by atoms with Crippen molar-refractivity contribution in [2.75, 3.05) is 31.7 Å². The predicted molar refractivity (Wildman–Crippen MR) is 77.8 cm³/mol. The van der Waals surface area contributed by atoms with Crippen molar-refractivity contribution in [1.29, 1.82) is 0 Å². The second-order valence-corrected chi connectivity index (χ2v) is 4.09. The van der Waals surface area contributed by atoms with Crippen LogP contribution in [0, 0.1) is 0 Å². The molecule has 0 saturated carbocycles. The summed E-state index contributed by atoms with van der Waals surface area (Å²) in [7, 11) is 0. The van der Waals surface area contributed by atoms with Gasteiger partial charge in [0.2, 0.25) is 0 Å². The van der Waals surface area contributed by atoms with Gasteiger partial charge in [-0.05, 0) is 44.5 Å². The number of anilines is 1. The maximum absolute atomic E-state index is 5.54. The lowest BCUT2D eigenvalue weighted by atomic mass is 10.3. The summed E-state index contributed by atoms with van der Waals surface area (Å²) < 4.78 is 16.5. The van der Waals surface area contributed by atoms with Gasteiger partial charge in [0, 0.05) is 18.9 Å². The molecule has 0 aliphatic heterocycles. The fourth-order valence-corrected chi connectivity index (χ4v) is 1.63. The molecule has 0 radical (unpaired) electrons. The molecule has 0 aliphatic carbocycles. The molecule has 0 bridgehead atoms. The minimum Gasteiger partial charge on any atom is -0.494 e. The first-order valence-corrected chi connectivity index (χ1v) is 7.00.